The normalized spacial score (nSPS) is 12.0. The molecule has 0 saturated carbocycles. The van der Waals surface area contributed by atoms with Gasteiger partial charge in [-0.2, -0.15) is 0 Å². The molecule has 9 heteroatoms. The maximum absolute atomic E-state index is 14.4. The van der Waals surface area contributed by atoms with Crippen LogP contribution in [0.25, 0.3) is 11.4 Å². The number of rotatable bonds is 7. The first-order chi connectivity index (χ1) is 14.8. The van der Waals surface area contributed by atoms with E-state index in [4.69, 9.17) is 11.6 Å². The first-order valence-corrected chi connectivity index (χ1v) is 10.1. The summed E-state index contributed by atoms with van der Waals surface area (Å²) in [4.78, 5) is 25.4. The molecule has 3 N–H and O–H groups in total. The van der Waals surface area contributed by atoms with Crippen LogP contribution in [-0.4, -0.2) is 38.6 Å². The number of carbonyl (C=O) groups excluding carboxylic acids is 1. The number of carbonyl (C=O) groups is 1. The van der Waals surface area contributed by atoms with Crippen LogP contribution in [0.5, 0.6) is 0 Å². The van der Waals surface area contributed by atoms with E-state index in [9.17, 15) is 14.3 Å². The Morgan fingerprint density at radius 2 is 2.00 bits per heavy atom. The summed E-state index contributed by atoms with van der Waals surface area (Å²) in [5, 5.41) is 15.6. The molecule has 162 valence electrons. The molecule has 2 heterocycles. The van der Waals surface area contributed by atoms with Gasteiger partial charge in [-0.3, -0.25) is 9.78 Å². The average molecular weight is 444 g/mol. The van der Waals surface area contributed by atoms with Gasteiger partial charge >= 0.3 is 0 Å². The third-order valence-electron chi connectivity index (χ3n) is 4.49. The zero-order chi connectivity index (χ0) is 22.5. The standard InChI is InChI=1S/C22H23ClFN5O2/c1-12(2)16-11-26-20(15-8-14(23)4-5-18(15)24)29-21(16)28-19-6-7-25-10-17(19)22(31)27-9-13(3)30/h4-8,10-13,30H,9H2,1-3H3,(H,27,31)(H,25,26,28,29)/t13-/m0/s1. The van der Waals surface area contributed by atoms with Crippen molar-refractivity contribution in [3.63, 3.8) is 0 Å². The van der Waals surface area contributed by atoms with Crippen molar-refractivity contribution in [1.82, 2.24) is 20.3 Å². The summed E-state index contributed by atoms with van der Waals surface area (Å²) in [6.45, 7) is 5.64. The number of anilines is 2. The lowest BCUT2D eigenvalue weighted by atomic mass is 10.1. The van der Waals surface area contributed by atoms with Gasteiger partial charge in [0, 0.05) is 35.7 Å². The molecule has 31 heavy (non-hydrogen) atoms. The third kappa shape index (κ3) is 5.53. The number of aliphatic hydroxyl groups is 1. The van der Waals surface area contributed by atoms with E-state index in [1.807, 2.05) is 13.8 Å². The maximum Gasteiger partial charge on any atom is 0.255 e. The number of benzene rings is 1. The molecule has 0 radical (unpaired) electrons. The molecule has 1 aromatic carbocycles. The molecule has 3 rings (SSSR count). The molecular weight excluding hydrogens is 421 g/mol. The Bertz CT molecular complexity index is 1090. The largest absolute Gasteiger partial charge is 0.392 e. The summed E-state index contributed by atoms with van der Waals surface area (Å²) >= 11 is 6.02. The Morgan fingerprint density at radius 1 is 1.23 bits per heavy atom. The predicted molar refractivity (Wildman–Crippen MR) is 118 cm³/mol. The van der Waals surface area contributed by atoms with Gasteiger partial charge in [0.2, 0.25) is 0 Å². The van der Waals surface area contributed by atoms with Gasteiger partial charge in [-0.25, -0.2) is 14.4 Å². The van der Waals surface area contributed by atoms with E-state index < -0.39 is 17.8 Å². The van der Waals surface area contributed by atoms with Crippen molar-refractivity contribution in [3.8, 4) is 11.4 Å². The Balaban J connectivity index is 2.01. The van der Waals surface area contributed by atoms with Gasteiger partial charge in [0.25, 0.3) is 5.91 Å². The Hall–Kier alpha value is -3.10. The quantitative estimate of drug-likeness (QED) is 0.503. The summed E-state index contributed by atoms with van der Waals surface area (Å²) in [6, 6.07) is 5.82. The number of hydrogen-bond acceptors (Lipinski definition) is 6. The van der Waals surface area contributed by atoms with Crippen LogP contribution in [0.4, 0.5) is 15.9 Å². The second-order valence-electron chi connectivity index (χ2n) is 7.38. The number of aromatic nitrogens is 3. The summed E-state index contributed by atoms with van der Waals surface area (Å²) in [5.41, 5.74) is 1.72. The van der Waals surface area contributed by atoms with E-state index >= 15 is 0 Å². The Labute approximate surface area is 184 Å². The molecular formula is C22H23ClFN5O2. The van der Waals surface area contributed by atoms with Gasteiger partial charge in [-0.15, -0.1) is 0 Å². The molecule has 0 spiro atoms. The molecule has 0 aliphatic rings. The van der Waals surface area contributed by atoms with Crippen molar-refractivity contribution < 1.29 is 14.3 Å². The number of halogens is 2. The number of amides is 1. The summed E-state index contributed by atoms with van der Waals surface area (Å²) in [7, 11) is 0. The fourth-order valence-electron chi connectivity index (χ4n) is 2.86. The van der Waals surface area contributed by atoms with Crippen LogP contribution in [0, 0.1) is 5.82 Å². The minimum atomic E-state index is -0.679. The van der Waals surface area contributed by atoms with Gasteiger partial charge in [-0.05, 0) is 37.1 Å². The average Bonchev–Trinajstić information content (AvgIpc) is 2.74. The second-order valence-corrected chi connectivity index (χ2v) is 7.82. The number of nitrogens with one attached hydrogen (secondary N) is 2. The summed E-state index contributed by atoms with van der Waals surface area (Å²) in [6.07, 6.45) is 3.92. The smallest absolute Gasteiger partial charge is 0.255 e. The Kier molecular flexibility index (Phi) is 7.14. The highest BCUT2D eigenvalue weighted by atomic mass is 35.5. The maximum atomic E-state index is 14.4. The molecule has 3 aromatic rings. The van der Waals surface area contributed by atoms with Gasteiger partial charge in [0.15, 0.2) is 5.82 Å². The van der Waals surface area contributed by atoms with E-state index in [1.165, 1.54) is 24.4 Å². The molecule has 0 bridgehead atoms. The number of aliphatic hydroxyl groups excluding tert-OH is 1. The SMILES string of the molecule is CC(C)c1cnc(-c2cc(Cl)ccc2F)nc1Nc1ccncc1C(=O)NC[C@H](C)O. The first kappa shape index (κ1) is 22.6. The van der Waals surface area contributed by atoms with Crippen LogP contribution < -0.4 is 10.6 Å². The molecule has 0 unspecified atom stereocenters. The van der Waals surface area contributed by atoms with Gasteiger partial charge in [0.1, 0.15) is 11.6 Å². The van der Waals surface area contributed by atoms with Crippen LogP contribution >= 0.6 is 11.6 Å². The fraction of sp³-hybridized carbons (Fsp3) is 0.273. The number of pyridine rings is 1. The van der Waals surface area contributed by atoms with Crippen LogP contribution in [0.2, 0.25) is 5.02 Å². The van der Waals surface area contributed by atoms with Gasteiger partial charge in [-0.1, -0.05) is 25.4 Å². The van der Waals surface area contributed by atoms with Crippen LogP contribution in [0.3, 0.4) is 0 Å². The lowest BCUT2D eigenvalue weighted by Crippen LogP contribution is -2.31. The minimum absolute atomic E-state index is 0.0649. The lowest BCUT2D eigenvalue weighted by Gasteiger charge is -2.17. The molecule has 1 atom stereocenters. The number of hydrogen-bond donors (Lipinski definition) is 3. The molecule has 2 aromatic heterocycles. The third-order valence-corrected chi connectivity index (χ3v) is 4.72. The monoisotopic (exact) mass is 443 g/mol. The topological polar surface area (TPSA) is 100 Å². The van der Waals surface area contributed by atoms with Crippen molar-refractivity contribution in [2.75, 3.05) is 11.9 Å². The van der Waals surface area contributed by atoms with E-state index in [1.54, 1.807) is 25.4 Å². The highest BCUT2D eigenvalue weighted by molar-refractivity contribution is 6.30. The van der Waals surface area contributed by atoms with E-state index in [0.717, 1.165) is 5.56 Å². The van der Waals surface area contributed by atoms with Crippen molar-refractivity contribution >= 4 is 29.0 Å². The fourth-order valence-corrected chi connectivity index (χ4v) is 3.03. The zero-order valence-electron chi connectivity index (χ0n) is 17.4. The summed E-state index contributed by atoms with van der Waals surface area (Å²) < 4.78 is 14.4. The molecule has 7 nitrogen and oxygen atoms in total. The second kappa shape index (κ2) is 9.80. The first-order valence-electron chi connectivity index (χ1n) is 9.76. The molecule has 1 amide bonds. The number of nitrogens with zero attached hydrogens (tertiary/aromatic N) is 3. The van der Waals surface area contributed by atoms with Crippen molar-refractivity contribution in [2.24, 2.45) is 0 Å². The van der Waals surface area contributed by atoms with Gasteiger partial charge < -0.3 is 15.7 Å². The van der Waals surface area contributed by atoms with Crippen LogP contribution in [0.1, 0.15) is 42.6 Å². The van der Waals surface area contributed by atoms with Crippen molar-refractivity contribution in [2.45, 2.75) is 32.8 Å². The Morgan fingerprint density at radius 3 is 2.71 bits per heavy atom. The van der Waals surface area contributed by atoms with Gasteiger partial charge in [0.05, 0.1) is 22.9 Å². The lowest BCUT2D eigenvalue weighted by molar-refractivity contribution is 0.0924. The van der Waals surface area contributed by atoms with E-state index in [2.05, 4.69) is 25.6 Å². The predicted octanol–water partition coefficient (Wildman–Crippen LogP) is 4.31. The molecule has 0 aliphatic carbocycles. The van der Waals surface area contributed by atoms with Crippen molar-refractivity contribution in [1.29, 1.82) is 0 Å². The molecule has 0 fully saturated rings. The van der Waals surface area contributed by atoms with Crippen molar-refractivity contribution in [3.05, 3.63) is 64.8 Å². The van der Waals surface area contributed by atoms with Crippen LogP contribution in [0.15, 0.2) is 42.9 Å². The van der Waals surface area contributed by atoms with E-state index in [-0.39, 0.29) is 29.4 Å². The highest BCUT2D eigenvalue weighted by Gasteiger charge is 2.18. The minimum Gasteiger partial charge on any atom is -0.392 e. The van der Waals surface area contributed by atoms with Crippen LogP contribution in [-0.2, 0) is 0 Å². The highest BCUT2D eigenvalue weighted by Crippen LogP contribution is 2.30. The molecule has 0 saturated heterocycles. The molecule has 0 aliphatic heterocycles. The zero-order valence-corrected chi connectivity index (χ0v) is 18.1. The summed E-state index contributed by atoms with van der Waals surface area (Å²) in [5.74, 6) is -0.209. The van der Waals surface area contributed by atoms with E-state index in [0.29, 0.717) is 16.5 Å².